The summed E-state index contributed by atoms with van der Waals surface area (Å²) in [6.45, 7) is 7.94. The fourth-order valence-electron chi connectivity index (χ4n) is 3.34. The first-order valence-electron chi connectivity index (χ1n) is 10.8. The van der Waals surface area contributed by atoms with Crippen molar-refractivity contribution in [2.24, 2.45) is 0 Å². The minimum atomic E-state index is 0.572. The van der Waals surface area contributed by atoms with Gasteiger partial charge < -0.3 is 0 Å². The molecule has 0 unspecified atom stereocenters. The summed E-state index contributed by atoms with van der Waals surface area (Å²) in [4.78, 5) is 0. The van der Waals surface area contributed by atoms with Gasteiger partial charge in [-0.15, -0.1) is 0 Å². The van der Waals surface area contributed by atoms with Crippen molar-refractivity contribution in [2.45, 2.75) is 123 Å². The number of aromatic nitrogens is 2. The van der Waals surface area contributed by atoms with Gasteiger partial charge in [0.2, 0.25) is 6.33 Å². The molecule has 0 N–H and O–H groups in total. The molecule has 0 atom stereocenters. The van der Waals surface area contributed by atoms with E-state index in [4.69, 9.17) is 0 Å². The number of hydrogen-bond donors (Lipinski definition) is 0. The molecule has 1 aromatic heterocycles. The summed E-state index contributed by atoms with van der Waals surface area (Å²) < 4.78 is 4.62. The molecule has 0 aliphatic rings. The molecule has 2 nitrogen and oxygen atoms in total. The van der Waals surface area contributed by atoms with Crippen molar-refractivity contribution in [2.75, 3.05) is 0 Å². The molecule has 0 aliphatic heterocycles. The normalized spacial score (nSPS) is 11.5. The third-order valence-electron chi connectivity index (χ3n) is 5.08. The van der Waals surface area contributed by atoms with Gasteiger partial charge >= 0.3 is 0 Å². The average Bonchev–Trinajstić information content (AvgIpc) is 3.04. The first-order chi connectivity index (χ1) is 11.7. The molecule has 2 heteroatoms. The number of unbranched alkanes of at least 4 members (excludes halogenated alkanes) is 13. The molecular weight excluding hydrogens is 292 g/mol. The molecule has 0 amide bonds. The van der Waals surface area contributed by atoms with Crippen molar-refractivity contribution in [3.05, 3.63) is 18.7 Å². The molecular formula is C22H43N2+. The van der Waals surface area contributed by atoms with E-state index >= 15 is 0 Å². The molecule has 0 saturated heterocycles. The zero-order valence-corrected chi connectivity index (χ0v) is 16.8. The molecule has 0 spiro atoms. The molecule has 0 radical (unpaired) electrons. The minimum Gasteiger partial charge on any atom is -0.237 e. The van der Waals surface area contributed by atoms with Crippen molar-refractivity contribution >= 4 is 0 Å². The van der Waals surface area contributed by atoms with Crippen LogP contribution in [-0.2, 0) is 6.54 Å². The summed E-state index contributed by atoms with van der Waals surface area (Å²) in [5, 5.41) is 0. The van der Waals surface area contributed by atoms with Crippen LogP contribution in [0.5, 0.6) is 0 Å². The lowest BCUT2D eigenvalue weighted by atomic mass is 10.0. The highest BCUT2D eigenvalue weighted by molar-refractivity contribution is 4.66. The van der Waals surface area contributed by atoms with E-state index in [1.807, 2.05) is 0 Å². The number of aryl methyl sites for hydroxylation is 1. The van der Waals surface area contributed by atoms with Crippen molar-refractivity contribution in [1.29, 1.82) is 0 Å². The Labute approximate surface area is 151 Å². The summed E-state index contributed by atoms with van der Waals surface area (Å²) in [7, 11) is 0. The molecule has 0 aromatic carbocycles. The highest BCUT2D eigenvalue weighted by atomic mass is 15.1. The number of hydrogen-bond acceptors (Lipinski definition) is 0. The van der Waals surface area contributed by atoms with Gasteiger partial charge in [-0.3, -0.25) is 0 Å². The summed E-state index contributed by atoms with van der Waals surface area (Å²) in [5.74, 6) is 0. The third kappa shape index (κ3) is 10.9. The van der Waals surface area contributed by atoms with E-state index in [1.54, 1.807) is 0 Å². The molecule has 0 saturated carbocycles. The number of rotatable bonds is 16. The average molecular weight is 336 g/mol. The Bertz CT molecular complexity index is 381. The maximum atomic E-state index is 2.33. The van der Waals surface area contributed by atoms with Crippen LogP contribution in [0.25, 0.3) is 0 Å². The van der Waals surface area contributed by atoms with Crippen LogP contribution in [0.2, 0.25) is 0 Å². The lowest BCUT2D eigenvalue weighted by Gasteiger charge is -2.03. The summed E-state index contributed by atoms with van der Waals surface area (Å²) in [6, 6.07) is 0.572. The van der Waals surface area contributed by atoms with Gasteiger partial charge in [-0.2, -0.15) is 0 Å². The molecule has 1 aromatic rings. The molecule has 140 valence electrons. The van der Waals surface area contributed by atoms with Crippen LogP contribution in [0.3, 0.4) is 0 Å². The Balaban J connectivity index is 1.80. The van der Waals surface area contributed by atoms with Gasteiger partial charge in [-0.25, -0.2) is 9.13 Å². The fourth-order valence-corrected chi connectivity index (χ4v) is 3.34. The zero-order chi connectivity index (χ0) is 17.5. The quantitative estimate of drug-likeness (QED) is 0.231. The Kier molecular flexibility index (Phi) is 12.9. The van der Waals surface area contributed by atoms with Crippen molar-refractivity contribution in [3.63, 3.8) is 0 Å². The predicted octanol–water partition coefficient (Wildman–Crippen LogP) is 6.84. The van der Waals surface area contributed by atoms with Crippen LogP contribution in [0.4, 0.5) is 0 Å². The highest BCUT2D eigenvalue weighted by Gasteiger charge is 2.05. The zero-order valence-electron chi connectivity index (χ0n) is 16.8. The second kappa shape index (κ2) is 14.5. The van der Waals surface area contributed by atoms with Crippen LogP contribution < -0.4 is 4.57 Å². The van der Waals surface area contributed by atoms with Gasteiger partial charge in [0.05, 0.1) is 12.6 Å². The smallest absolute Gasteiger partial charge is 0.237 e. The monoisotopic (exact) mass is 335 g/mol. The molecule has 0 bridgehead atoms. The highest BCUT2D eigenvalue weighted by Crippen LogP contribution is 2.13. The van der Waals surface area contributed by atoms with E-state index in [0.717, 1.165) is 0 Å². The van der Waals surface area contributed by atoms with E-state index in [2.05, 4.69) is 48.6 Å². The SMILES string of the molecule is CCCCCCCCCCCCCCCCn1cc[n+](C(C)C)c1. The van der Waals surface area contributed by atoms with Crippen LogP contribution in [0, 0.1) is 0 Å². The van der Waals surface area contributed by atoms with E-state index in [9.17, 15) is 0 Å². The summed E-state index contributed by atoms with van der Waals surface area (Å²) in [5.41, 5.74) is 0. The van der Waals surface area contributed by atoms with Crippen molar-refractivity contribution in [3.8, 4) is 0 Å². The van der Waals surface area contributed by atoms with E-state index < -0.39 is 0 Å². The van der Waals surface area contributed by atoms with Crippen LogP contribution in [0.1, 0.15) is 117 Å². The maximum absolute atomic E-state index is 2.33. The van der Waals surface area contributed by atoms with Crippen molar-refractivity contribution in [1.82, 2.24) is 4.57 Å². The van der Waals surface area contributed by atoms with E-state index in [-0.39, 0.29) is 0 Å². The largest absolute Gasteiger partial charge is 0.243 e. The van der Waals surface area contributed by atoms with Gasteiger partial charge in [0, 0.05) is 0 Å². The van der Waals surface area contributed by atoms with E-state index in [1.165, 1.54) is 96.4 Å². The van der Waals surface area contributed by atoms with Crippen LogP contribution in [0.15, 0.2) is 18.7 Å². The standard InChI is InChI=1S/C22H43N2/c1-4-5-6-7-8-9-10-11-12-13-14-15-16-17-18-23-19-20-24(21-23)22(2)3/h19-22H,4-18H2,1-3H3/q+1. The van der Waals surface area contributed by atoms with Gasteiger partial charge in [0.1, 0.15) is 12.4 Å². The number of nitrogens with zero attached hydrogens (tertiary/aromatic N) is 2. The Morgan fingerprint density at radius 1 is 0.708 bits per heavy atom. The van der Waals surface area contributed by atoms with Gasteiger partial charge in [-0.1, -0.05) is 84.0 Å². The first kappa shape index (κ1) is 21.3. The van der Waals surface area contributed by atoms with Gasteiger partial charge in [0.25, 0.3) is 0 Å². The second-order valence-corrected chi connectivity index (χ2v) is 7.79. The molecule has 0 fully saturated rings. The van der Waals surface area contributed by atoms with Crippen LogP contribution in [-0.4, -0.2) is 4.57 Å². The maximum Gasteiger partial charge on any atom is 0.243 e. The van der Waals surface area contributed by atoms with E-state index in [0.29, 0.717) is 6.04 Å². The molecule has 1 rings (SSSR count). The lowest BCUT2D eigenvalue weighted by molar-refractivity contribution is -0.715. The Morgan fingerprint density at radius 3 is 1.58 bits per heavy atom. The first-order valence-corrected chi connectivity index (χ1v) is 10.8. The predicted molar refractivity (Wildman–Crippen MR) is 105 cm³/mol. The van der Waals surface area contributed by atoms with Crippen LogP contribution >= 0.6 is 0 Å². The third-order valence-corrected chi connectivity index (χ3v) is 5.08. The van der Waals surface area contributed by atoms with Crippen molar-refractivity contribution < 1.29 is 4.57 Å². The Morgan fingerprint density at radius 2 is 1.17 bits per heavy atom. The molecule has 0 aliphatic carbocycles. The summed E-state index contributed by atoms with van der Waals surface area (Å²) in [6.07, 6.45) is 26.7. The summed E-state index contributed by atoms with van der Waals surface area (Å²) >= 11 is 0. The topological polar surface area (TPSA) is 8.81 Å². The lowest BCUT2D eigenvalue weighted by Crippen LogP contribution is -2.33. The minimum absolute atomic E-state index is 0.572. The second-order valence-electron chi connectivity index (χ2n) is 7.79. The van der Waals surface area contributed by atoms with Gasteiger partial charge in [0.15, 0.2) is 0 Å². The fraction of sp³-hybridized carbons (Fsp3) is 0.864. The molecule has 24 heavy (non-hydrogen) atoms. The van der Waals surface area contributed by atoms with Gasteiger partial charge in [-0.05, 0) is 26.7 Å². The Hall–Kier alpha value is -0.790. The molecule has 1 heterocycles. The number of imidazole rings is 1.